The quantitative estimate of drug-likeness (QED) is 0.781. The van der Waals surface area contributed by atoms with E-state index in [-0.39, 0.29) is 19.0 Å². The van der Waals surface area contributed by atoms with E-state index < -0.39 is 5.97 Å². The molecule has 0 atom stereocenters. The van der Waals surface area contributed by atoms with E-state index in [2.05, 4.69) is 11.8 Å². The van der Waals surface area contributed by atoms with Gasteiger partial charge in [-0.2, -0.15) is 0 Å². The van der Waals surface area contributed by atoms with Gasteiger partial charge >= 0.3 is 12.0 Å². The van der Waals surface area contributed by atoms with Gasteiger partial charge in [0.15, 0.2) is 0 Å². The summed E-state index contributed by atoms with van der Waals surface area (Å²) in [7, 11) is 1.66. The zero-order valence-electron chi connectivity index (χ0n) is 11.3. The van der Waals surface area contributed by atoms with Crippen molar-refractivity contribution in [3.63, 3.8) is 0 Å². The van der Waals surface area contributed by atoms with Crippen LogP contribution in [0.5, 0.6) is 0 Å². The number of amides is 2. The van der Waals surface area contributed by atoms with Gasteiger partial charge in [0, 0.05) is 39.8 Å². The van der Waals surface area contributed by atoms with Crippen LogP contribution in [0.3, 0.4) is 0 Å². The molecule has 1 aliphatic heterocycles. The predicted octanol–water partition coefficient (Wildman–Crippen LogP) is 0.540. The topological polar surface area (TPSA) is 64.1 Å². The van der Waals surface area contributed by atoms with Crippen LogP contribution in [0, 0.1) is 0 Å². The lowest BCUT2D eigenvalue weighted by molar-refractivity contribution is -0.137. The third-order valence-corrected chi connectivity index (χ3v) is 3.17. The zero-order chi connectivity index (χ0) is 13.5. The lowest BCUT2D eigenvalue weighted by Gasteiger charge is -2.36. The number of carbonyl (C=O) groups excluding carboxylic acids is 1. The van der Waals surface area contributed by atoms with Crippen LogP contribution in [0.2, 0.25) is 0 Å². The Morgan fingerprint density at radius 2 is 1.83 bits per heavy atom. The number of nitrogens with zero attached hydrogens (tertiary/aromatic N) is 3. The Bertz CT molecular complexity index is 288. The molecular formula is C12H23N3O3. The van der Waals surface area contributed by atoms with Crippen molar-refractivity contribution in [1.29, 1.82) is 0 Å². The van der Waals surface area contributed by atoms with Gasteiger partial charge in [0.2, 0.25) is 0 Å². The van der Waals surface area contributed by atoms with E-state index in [4.69, 9.17) is 5.11 Å². The molecule has 1 aliphatic rings. The Morgan fingerprint density at radius 3 is 2.33 bits per heavy atom. The second-order valence-electron chi connectivity index (χ2n) is 4.68. The highest BCUT2D eigenvalue weighted by Crippen LogP contribution is 2.05. The number of piperazine rings is 1. The zero-order valence-corrected chi connectivity index (χ0v) is 11.3. The normalized spacial score (nSPS) is 16.7. The third-order valence-electron chi connectivity index (χ3n) is 3.17. The average Bonchev–Trinajstić information content (AvgIpc) is 2.36. The van der Waals surface area contributed by atoms with E-state index >= 15 is 0 Å². The van der Waals surface area contributed by atoms with Gasteiger partial charge in [-0.05, 0) is 13.0 Å². The molecule has 1 fully saturated rings. The van der Waals surface area contributed by atoms with E-state index in [9.17, 15) is 9.59 Å². The molecule has 0 aliphatic carbocycles. The molecule has 1 rings (SSSR count). The molecule has 0 spiro atoms. The summed E-state index contributed by atoms with van der Waals surface area (Å²) in [5, 5.41) is 8.59. The predicted molar refractivity (Wildman–Crippen MR) is 68.6 cm³/mol. The summed E-state index contributed by atoms with van der Waals surface area (Å²) in [6.07, 6.45) is 1.13. The highest BCUT2D eigenvalue weighted by Gasteiger charge is 2.23. The molecule has 0 radical (unpaired) electrons. The first-order valence-electron chi connectivity index (χ1n) is 6.48. The highest BCUT2D eigenvalue weighted by molar-refractivity contribution is 5.75. The molecule has 2 amide bonds. The first kappa shape index (κ1) is 14.8. The molecular weight excluding hydrogens is 234 g/mol. The maximum atomic E-state index is 12.0. The number of urea groups is 1. The largest absolute Gasteiger partial charge is 0.481 e. The number of hydrogen-bond donors (Lipinski definition) is 1. The summed E-state index contributed by atoms with van der Waals surface area (Å²) < 4.78 is 0. The van der Waals surface area contributed by atoms with Crippen LogP contribution in [0.25, 0.3) is 0 Å². The SMILES string of the molecule is CCCN1CCN(C(=O)N(C)CCC(=O)O)CC1. The van der Waals surface area contributed by atoms with Crippen molar-refractivity contribution in [2.75, 3.05) is 46.3 Å². The summed E-state index contributed by atoms with van der Waals surface area (Å²) in [6, 6.07) is -0.0626. The third kappa shape index (κ3) is 4.52. The maximum absolute atomic E-state index is 12.0. The Kier molecular flexibility index (Phi) is 5.91. The monoisotopic (exact) mass is 257 g/mol. The van der Waals surface area contributed by atoms with Crippen LogP contribution in [-0.4, -0.2) is 78.1 Å². The fourth-order valence-corrected chi connectivity index (χ4v) is 2.08. The first-order valence-corrected chi connectivity index (χ1v) is 6.48. The highest BCUT2D eigenvalue weighted by atomic mass is 16.4. The number of carbonyl (C=O) groups is 2. The van der Waals surface area contributed by atoms with Crippen molar-refractivity contribution in [3.8, 4) is 0 Å². The lowest BCUT2D eigenvalue weighted by Crippen LogP contribution is -2.52. The number of rotatable bonds is 5. The van der Waals surface area contributed by atoms with Crippen LogP contribution in [0.15, 0.2) is 0 Å². The van der Waals surface area contributed by atoms with Gasteiger partial charge < -0.3 is 14.9 Å². The summed E-state index contributed by atoms with van der Waals surface area (Å²) >= 11 is 0. The molecule has 1 N–H and O–H groups in total. The molecule has 1 saturated heterocycles. The molecule has 0 unspecified atom stereocenters. The maximum Gasteiger partial charge on any atom is 0.319 e. The van der Waals surface area contributed by atoms with Crippen molar-refractivity contribution in [1.82, 2.24) is 14.7 Å². The molecule has 6 heteroatoms. The Hall–Kier alpha value is -1.30. The molecule has 0 aromatic rings. The van der Waals surface area contributed by atoms with Crippen LogP contribution in [0.4, 0.5) is 4.79 Å². The Balaban J connectivity index is 2.32. The summed E-state index contributed by atoms with van der Waals surface area (Å²) in [6.45, 7) is 6.78. The van der Waals surface area contributed by atoms with Gasteiger partial charge in [-0.15, -0.1) is 0 Å². The van der Waals surface area contributed by atoms with Gasteiger partial charge in [-0.25, -0.2) is 4.79 Å². The lowest BCUT2D eigenvalue weighted by atomic mass is 10.3. The van der Waals surface area contributed by atoms with Crippen molar-refractivity contribution in [2.24, 2.45) is 0 Å². The standard InChI is InChI=1S/C12H23N3O3/c1-3-5-14-7-9-15(10-8-14)12(18)13(2)6-4-11(16)17/h3-10H2,1-2H3,(H,16,17). The van der Waals surface area contributed by atoms with Crippen molar-refractivity contribution in [2.45, 2.75) is 19.8 Å². The van der Waals surface area contributed by atoms with E-state index in [0.717, 1.165) is 39.1 Å². The molecule has 18 heavy (non-hydrogen) atoms. The smallest absolute Gasteiger partial charge is 0.319 e. The van der Waals surface area contributed by atoms with Crippen LogP contribution in [-0.2, 0) is 4.79 Å². The van der Waals surface area contributed by atoms with Gasteiger partial charge in [-0.1, -0.05) is 6.92 Å². The second-order valence-corrected chi connectivity index (χ2v) is 4.68. The van der Waals surface area contributed by atoms with Crippen LogP contribution in [0.1, 0.15) is 19.8 Å². The van der Waals surface area contributed by atoms with E-state index in [0.29, 0.717) is 0 Å². The van der Waals surface area contributed by atoms with Crippen molar-refractivity contribution in [3.05, 3.63) is 0 Å². The number of hydrogen-bond acceptors (Lipinski definition) is 3. The van der Waals surface area contributed by atoms with E-state index in [1.165, 1.54) is 4.90 Å². The second kappa shape index (κ2) is 7.20. The average molecular weight is 257 g/mol. The molecule has 0 aromatic heterocycles. The molecule has 1 heterocycles. The Labute approximate surface area is 108 Å². The number of carboxylic acids is 1. The molecule has 6 nitrogen and oxygen atoms in total. The number of aliphatic carboxylic acids is 1. The van der Waals surface area contributed by atoms with Crippen LogP contribution < -0.4 is 0 Å². The number of carboxylic acid groups (broad SMARTS) is 1. The summed E-state index contributed by atoms with van der Waals surface area (Å²) in [5.74, 6) is -0.873. The van der Waals surface area contributed by atoms with E-state index in [1.54, 1.807) is 11.9 Å². The minimum atomic E-state index is -0.873. The van der Waals surface area contributed by atoms with Crippen molar-refractivity contribution >= 4 is 12.0 Å². The minimum absolute atomic E-state index is 0.00194. The first-order chi connectivity index (χ1) is 8.54. The van der Waals surface area contributed by atoms with Gasteiger partial charge in [-0.3, -0.25) is 9.69 Å². The fourth-order valence-electron chi connectivity index (χ4n) is 2.08. The molecule has 0 bridgehead atoms. The van der Waals surface area contributed by atoms with E-state index in [1.807, 2.05) is 0 Å². The minimum Gasteiger partial charge on any atom is -0.481 e. The van der Waals surface area contributed by atoms with Crippen LogP contribution >= 0.6 is 0 Å². The molecule has 0 saturated carbocycles. The molecule has 104 valence electrons. The fraction of sp³-hybridized carbons (Fsp3) is 0.833. The summed E-state index contributed by atoms with van der Waals surface area (Å²) in [4.78, 5) is 28.1. The summed E-state index contributed by atoms with van der Waals surface area (Å²) in [5.41, 5.74) is 0. The van der Waals surface area contributed by atoms with Crippen molar-refractivity contribution < 1.29 is 14.7 Å². The van der Waals surface area contributed by atoms with Gasteiger partial charge in [0.25, 0.3) is 0 Å². The van der Waals surface area contributed by atoms with Gasteiger partial charge in [0.05, 0.1) is 6.42 Å². The molecule has 0 aromatic carbocycles. The Morgan fingerprint density at radius 1 is 1.22 bits per heavy atom. The van der Waals surface area contributed by atoms with Gasteiger partial charge in [0.1, 0.15) is 0 Å².